The maximum Gasteiger partial charge on any atom is 0.159 e. The van der Waals surface area contributed by atoms with Crippen molar-refractivity contribution in [2.75, 3.05) is 0 Å². The number of aryl methyl sites for hydroxylation is 1. The summed E-state index contributed by atoms with van der Waals surface area (Å²) in [7, 11) is 0. The van der Waals surface area contributed by atoms with E-state index in [9.17, 15) is 0 Å². The van der Waals surface area contributed by atoms with Gasteiger partial charge in [0.15, 0.2) is 5.82 Å². The van der Waals surface area contributed by atoms with E-state index < -0.39 is 0 Å². The molecule has 98 valence electrons. The van der Waals surface area contributed by atoms with Crippen molar-refractivity contribution in [3.8, 4) is 11.5 Å². The predicted molar refractivity (Wildman–Crippen MR) is 78.9 cm³/mol. The standard InChI is InChI=1S/C14H14ClN3S/c15-10-6-4-8-16-12(10)13-17-11-7-3-1-2-5-9(11)14(19)18-13/h4,6,8H,1-3,5,7H2,(H,17,18,19). The van der Waals surface area contributed by atoms with E-state index in [0.29, 0.717) is 21.2 Å². The molecule has 0 aliphatic heterocycles. The number of H-pyrrole nitrogens is 1. The molecule has 1 aliphatic rings. The summed E-state index contributed by atoms with van der Waals surface area (Å²) >= 11 is 11.6. The van der Waals surface area contributed by atoms with Gasteiger partial charge in [-0.1, -0.05) is 30.2 Å². The van der Waals surface area contributed by atoms with Crippen LogP contribution in [0.25, 0.3) is 11.5 Å². The van der Waals surface area contributed by atoms with Crippen LogP contribution in [-0.2, 0) is 12.8 Å². The zero-order valence-corrected chi connectivity index (χ0v) is 12.0. The number of aromatic nitrogens is 3. The van der Waals surface area contributed by atoms with Gasteiger partial charge < -0.3 is 4.98 Å². The van der Waals surface area contributed by atoms with Gasteiger partial charge in [-0.15, -0.1) is 0 Å². The lowest BCUT2D eigenvalue weighted by molar-refractivity contribution is 0.708. The van der Waals surface area contributed by atoms with E-state index in [4.69, 9.17) is 23.8 Å². The molecule has 5 heteroatoms. The number of hydrogen-bond acceptors (Lipinski definition) is 3. The van der Waals surface area contributed by atoms with Crippen LogP contribution < -0.4 is 0 Å². The minimum atomic E-state index is 0.592. The van der Waals surface area contributed by atoms with Crippen molar-refractivity contribution < 1.29 is 0 Å². The molecule has 0 atom stereocenters. The number of hydrogen-bond donors (Lipinski definition) is 1. The summed E-state index contributed by atoms with van der Waals surface area (Å²) in [4.78, 5) is 12.1. The zero-order valence-electron chi connectivity index (χ0n) is 10.4. The Bertz CT molecular complexity index is 666. The van der Waals surface area contributed by atoms with Gasteiger partial charge in [-0.3, -0.25) is 4.98 Å². The van der Waals surface area contributed by atoms with E-state index in [2.05, 4.69) is 15.0 Å². The molecular weight excluding hydrogens is 278 g/mol. The van der Waals surface area contributed by atoms with Gasteiger partial charge in [-0.05, 0) is 37.8 Å². The van der Waals surface area contributed by atoms with E-state index in [1.165, 1.54) is 30.5 Å². The molecule has 0 fully saturated rings. The molecule has 3 nitrogen and oxygen atoms in total. The summed E-state index contributed by atoms with van der Waals surface area (Å²) in [5.74, 6) is 0.677. The maximum atomic E-state index is 6.17. The number of nitrogens with zero attached hydrogens (tertiary/aromatic N) is 2. The van der Waals surface area contributed by atoms with E-state index in [1.807, 2.05) is 12.1 Å². The summed E-state index contributed by atoms with van der Waals surface area (Å²) < 4.78 is 0.687. The molecule has 0 radical (unpaired) electrons. The Balaban J connectivity index is 2.15. The van der Waals surface area contributed by atoms with Crippen molar-refractivity contribution in [3.63, 3.8) is 0 Å². The van der Waals surface area contributed by atoms with Crippen molar-refractivity contribution >= 4 is 23.8 Å². The highest BCUT2D eigenvalue weighted by molar-refractivity contribution is 7.71. The summed E-state index contributed by atoms with van der Waals surface area (Å²) in [5, 5.41) is 0.592. The van der Waals surface area contributed by atoms with Crippen LogP contribution in [0.5, 0.6) is 0 Å². The second kappa shape index (κ2) is 5.39. The van der Waals surface area contributed by atoms with Crippen molar-refractivity contribution in [2.24, 2.45) is 0 Å². The molecule has 0 saturated heterocycles. The lowest BCUT2D eigenvalue weighted by Crippen LogP contribution is -2.03. The number of nitrogens with one attached hydrogen (secondary N) is 1. The average molecular weight is 292 g/mol. The molecule has 0 aromatic carbocycles. The van der Waals surface area contributed by atoms with Crippen LogP contribution in [0.4, 0.5) is 0 Å². The van der Waals surface area contributed by atoms with Gasteiger partial charge in [0.25, 0.3) is 0 Å². The van der Waals surface area contributed by atoms with Crippen LogP contribution in [0.3, 0.4) is 0 Å². The summed E-state index contributed by atoms with van der Waals surface area (Å²) in [6.07, 6.45) is 7.39. The quantitative estimate of drug-likeness (QED) is 0.635. The van der Waals surface area contributed by atoms with Gasteiger partial charge in [0.1, 0.15) is 10.3 Å². The fourth-order valence-corrected chi connectivity index (χ4v) is 3.00. The number of fused-ring (bicyclic) bond motifs is 1. The van der Waals surface area contributed by atoms with Crippen molar-refractivity contribution in [1.29, 1.82) is 0 Å². The Morgan fingerprint density at radius 1 is 1.21 bits per heavy atom. The largest absolute Gasteiger partial charge is 0.342 e. The molecule has 0 saturated carbocycles. The first-order valence-electron chi connectivity index (χ1n) is 6.48. The smallest absolute Gasteiger partial charge is 0.159 e. The lowest BCUT2D eigenvalue weighted by Gasteiger charge is -2.09. The summed E-state index contributed by atoms with van der Waals surface area (Å²) in [6, 6.07) is 3.62. The van der Waals surface area contributed by atoms with Gasteiger partial charge >= 0.3 is 0 Å². The van der Waals surface area contributed by atoms with Gasteiger partial charge in [0, 0.05) is 17.5 Å². The fourth-order valence-electron chi connectivity index (χ4n) is 2.47. The first-order chi connectivity index (χ1) is 9.25. The molecule has 1 N–H and O–H groups in total. The molecule has 0 spiro atoms. The molecule has 2 aromatic rings. The molecule has 2 aromatic heterocycles. The second-order valence-corrected chi connectivity index (χ2v) is 5.54. The van der Waals surface area contributed by atoms with Crippen LogP contribution in [0.15, 0.2) is 18.3 Å². The van der Waals surface area contributed by atoms with Gasteiger partial charge in [-0.25, -0.2) is 4.98 Å². The van der Waals surface area contributed by atoms with Crippen LogP contribution in [0, 0.1) is 4.64 Å². The monoisotopic (exact) mass is 291 g/mol. The molecule has 2 heterocycles. The zero-order chi connectivity index (χ0) is 13.2. The fraction of sp³-hybridized carbons (Fsp3) is 0.357. The number of rotatable bonds is 1. The van der Waals surface area contributed by atoms with Gasteiger partial charge in [0.05, 0.1) is 5.02 Å². The average Bonchev–Trinajstić information content (AvgIpc) is 2.65. The molecule has 0 bridgehead atoms. The third-order valence-corrected chi connectivity index (χ3v) is 4.08. The Hall–Kier alpha value is -1.26. The number of aromatic amines is 1. The first-order valence-corrected chi connectivity index (χ1v) is 7.27. The molecule has 0 unspecified atom stereocenters. The highest BCUT2D eigenvalue weighted by Crippen LogP contribution is 2.25. The normalized spacial score (nSPS) is 14.8. The van der Waals surface area contributed by atoms with E-state index >= 15 is 0 Å². The minimum Gasteiger partial charge on any atom is -0.342 e. The summed E-state index contributed by atoms with van der Waals surface area (Å²) in [6.45, 7) is 0. The number of halogens is 1. The third-order valence-electron chi connectivity index (χ3n) is 3.44. The van der Waals surface area contributed by atoms with Gasteiger partial charge in [0.2, 0.25) is 0 Å². The molecule has 3 rings (SSSR count). The highest BCUT2D eigenvalue weighted by Gasteiger charge is 2.14. The van der Waals surface area contributed by atoms with Crippen molar-refractivity contribution in [2.45, 2.75) is 32.1 Å². The van der Waals surface area contributed by atoms with Crippen molar-refractivity contribution in [3.05, 3.63) is 39.3 Å². The van der Waals surface area contributed by atoms with Crippen molar-refractivity contribution in [1.82, 2.24) is 15.0 Å². The van der Waals surface area contributed by atoms with E-state index in [-0.39, 0.29) is 0 Å². The first kappa shape index (κ1) is 12.8. The van der Waals surface area contributed by atoms with E-state index in [0.717, 1.165) is 12.8 Å². The molecular formula is C14H14ClN3S. The third kappa shape index (κ3) is 2.55. The Kier molecular flexibility index (Phi) is 3.62. The Morgan fingerprint density at radius 3 is 2.89 bits per heavy atom. The van der Waals surface area contributed by atoms with Crippen LogP contribution in [0.1, 0.15) is 30.5 Å². The summed E-state index contributed by atoms with van der Waals surface area (Å²) in [5.41, 5.74) is 3.07. The lowest BCUT2D eigenvalue weighted by atomic mass is 10.1. The van der Waals surface area contributed by atoms with Crippen LogP contribution in [0.2, 0.25) is 5.02 Å². The Labute approximate surface area is 122 Å². The maximum absolute atomic E-state index is 6.17. The second-order valence-electron chi connectivity index (χ2n) is 4.74. The highest BCUT2D eigenvalue weighted by atomic mass is 35.5. The van der Waals surface area contributed by atoms with Crippen LogP contribution >= 0.6 is 23.8 Å². The topological polar surface area (TPSA) is 41.6 Å². The number of pyridine rings is 1. The molecule has 19 heavy (non-hydrogen) atoms. The van der Waals surface area contributed by atoms with Gasteiger partial charge in [-0.2, -0.15) is 0 Å². The predicted octanol–water partition coefficient (Wildman–Crippen LogP) is 4.12. The van der Waals surface area contributed by atoms with Crippen LogP contribution in [-0.4, -0.2) is 15.0 Å². The molecule has 0 amide bonds. The SMILES string of the molecule is S=c1nc(-c2ncccc2Cl)[nH]c2c1CCCCC2. The minimum absolute atomic E-state index is 0.592. The Morgan fingerprint density at radius 2 is 2.05 bits per heavy atom. The van der Waals surface area contributed by atoms with E-state index in [1.54, 1.807) is 6.20 Å². The molecule has 1 aliphatic carbocycles.